The van der Waals surface area contributed by atoms with Crippen LogP contribution in [0.5, 0.6) is 0 Å². The average Bonchev–Trinajstić information content (AvgIpc) is 2.16. The number of primary amides is 1. The van der Waals surface area contributed by atoms with Crippen molar-refractivity contribution >= 4 is 28.9 Å². The molecule has 4 nitrogen and oxygen atoms in total. The predicted molar refractivity (Wildman–Crippen MR) is 67.5 cm³/mol. The zero-order valence-electron chi connectivity index (χ0n) is 8.49. The van der Waals surface area contributed by atoms with Gasteiger partial charge in [0.1, 0.15) is 0 Å². The molecule has 1 amide bonds. The van der Waals surface area contributed by atoms with Crippen molar-refractivity contribution in [2.75, 3.05) is 5.32 Å². The van der Waals surface area contributed by atoms with Crippen LogP contribution in [0.4, 0.5) is 5.69 Å². The van der Waals surface area contributed by atoms with Gasteiger partial charge in [0.15, 0.2) is 5.11 Å². The summed E-state index contributed by atoms with van der Waals surface area (Å²) in [6.45, 7) is 0. The van der Waals surface area contributed by atoms with Crippen LogP contribution in [0, 0.1) is 11.8 Å². The van der Waals surface area contributed by atoms with Crippen molar-refractivity contribution in [3.8, 4) is 11.8 Å². The first-order chi connectivity index (χ1) is 7.58. The molecule has 1 aromatic rings. The SMILES string of the molecule is NC(=O)CC#Cc1cccc(NC(N)=S)c1. The van der Waals surface area contributed by atoms with Gasteiger partial charge in [-0.05, 0) is 30.4 Å². The lowest BCUT2D eigenvalue weighted by Gasteiger charge is -2.02. The Morgan fingerprint density at radius 3 is 2.81 bits per heavy atom. The highest BCUT2D eigenvalue weighted by molar-refractivity contribution is 7.80. The second kappa shape index (κ2) is 5.73. The van der Waals surface area contributed by atoms with E-state index in [2.05, 4.69) is 17.2 Å². The molecule has 0 aliphatic carbocycles. The highest BCUT2D eigenvalue weighted by Crippen LogP contribution is 2.09. The number of hydrogen-bond acceptors (Lipinski definition) is 2. The molecule has 0 aromatic heterocycles. The van der Waals surface area contributed by atoms with E-state index in [0.29, 0.717) is 0 Å². The van der Waals surface area contributed by atoms with Crippen molar-refractivity contribution in [2.45, 2.75) is 6.42 Å². The maximum absolute atomic E-state index is 10.5. The molecule has 1 aromatic carbocycles. The molecule has 0 fully saturated rings. The van der Waals surface area contributed by atoms with Crippen molar-refractivity contribution in [2.24, 2.45) is 11.5 Å². The molecule has 5 heteroatoms. The molecule has 0 heterocycles. The number of carbonyl (C=O) groups excluding carboxylic acids is 1. The lowest BCUT2D eigenvalue weighted by atomic mass is 10.2. The molecule has 0 atom stereocenters. The summed E-state index contributed by atoms with van der Waals surface area (Å²) in [5.74, 6) is 5.04. The standard InChI is InChI=1S/C11H11N3OS/c12-10(15)6-2-4-8-3-1-5-9(7-8)14-11(13)16/h1,3,5,7H,6H2,(H2,12,15)(H3,13,14,16). The maximum atomic E-state index is 10.5. The van der Waals surface area contributed by atoms with Crippen molar-refractivity contribution in [3.63, 3.8) is 0 Å². The molecule has 82 valence electrons. The van der Waals surface area contributed by atoms with E-state index < -0.39 is 5.91 Å². The van der Waals surface area contributed by atoms with Crippen LogP contribution in [-0.2, 0) is 4.79 Å². The van der Waals surface area contributed by atoms with Gasteiger partial charge in [0.2, 0.25) is 5.91 Å². The van der Waals surface area contributed by atoms with Crippen LogP contribution in [0.1, 0.15) is 12.0 Å². The zero-order valence-corrected chi connectivity index (χ0v) is 9.30. The Morgan fingerprint density at radius 1 is 1.44 bits per heavy atom. The Balaban J connectivity index is 2.76. The van der Waals surface area contributed by atoms with Crippen LogP contribution >= 0.6 is 12.2 Å². The van der Waals surface area contributed by atoms with Crippen molar-refractivity contribution in [1.29, 1.82) is 0 Å². The normalized spacial score (nSPS) is 8.75. The van der Waals surface area contributed by atoms with Crippen LogP contribution in [0.2, 0.25) is 0 Å². The highest BCUT2D eigenvalue weighted by Gasteiger charge is 1.94. The third-order valence-electron chi connectivity index (χ3n) is 1.63. The fourth-order valence-corrected chi connectivity index (χ4v) is 1.17. The maximum Gasteiger partial charge on any atom is 0.229 e. The summed E-state index contributed by atoms with van der Waals surface area (Å²) in [6, 6.07) is 7.24. The van der Waals surface area contributed by atoms with Crippen LogP contribution in [0.3, 0.4) is 0 Å². The first-order valence-corrected chi connectivity index (χ1v) is 4.92. The monoisotopic (exact) mass is 233 g/mol. The van der Waals surface area contributed by atoms with Gasteiger partial charge in [-0.2, -0.15) is 0 Å². The lowest BCUT2D eigenvalue weighted by Crippen LogP contribution is -2.18. The summed E-state index contributed by atoms with van der Waals surface area (Å²) in [7, 11) is 0. The summed E-state index contributed by atoms with van der Waals surface area (Å²) in [4.78, 5) is 10.5. The van der Waals surface area contributed by atoms with E-state index in [4.69, 9.17) is 23.7 Å². The van der Waals surface area contributed by atoms with Crippen molar-refractivity contribution < 1.29 is 4.79 Å². The Morgan fingerprint density at radius 2 is 2.19 bits per heavy atom. The van der Waals surface area contributed by atoms with Gasteiger partial charge in [-0.15, -0.1) is 0 Å². The molecule has 0 spiro atoms. The number of rotatable bonds is 2. The largest absolute Gasteiger partial charge is 0.376 e. The third kappa shape index (κ3) is 4.44. The molecule has 0 aliphatic heterocycles. The number of benzene rings is 1. The smallest absolute Gasteiger partial charge is 0.229 e. The van der Waals surface area contributed by atoms with Gasteiger partial charge in [0, 0.05) is 11.3 Å². The summed E-state index contributed by atoms with van der Waals surface area (Å²) in [6.07, 6.45) is 0.0486. The fraction of sp³-hybridized carbons (Fsp3) is 0.0909. The van der Waals surface area contributed by atoms with Gasteiger partial charge in [-0.25, -0.2) is 0 Å². The summed E-state index contributed by atoms with van der Waals surface area (Å²) < 4.78 is 0. The van der Waals surface area contributed by atoms with E-state index in [1.165, 1.54) is 0 Å². The second-order valence-electron chi connectivity index (χ2n) is 3.01. The van der Waals surface area contributed by atoms with Crippen LogP contribution < -0.4 is 16.8 Å². The quantitative estimate of drug-likeness (QED) is 0.515. The van der Waals surface area contributed by atoms with Gasteiger partial charge >= 0.3 is 0 Å². The number of nitrogens with two attached hydrogens (primary N) is 2. The Labute approximate surface area is 99.0 Å². The summed E-state index contributed by atoms with van der Waals surface area (Å²) >= 11 is 4.71. The predicted octanol–water partition coefficient (Wildman–Crippen LogP) is 0.569. The van der Waals surface area contributed by atoms with Gasteiger partial charge in [-0.1, -0.05) is 17.9 Å². The minimum absolute atomic E-state index is 0.0486. The van der Waals surface area contributed by atoms with Crippen LogP contribution in [0.15, 0.2) is 24.3 Å². The first kappa shape index (κ1) is 12.0. The Kier molecular flexibility index (Phi) is 4.30. The van der Waals surface area contributed by atoms with E-state index >= 15 is 0 Å². The molecular formula is C11H11N3OS. The van der Waals surface area contributed by atoms with Gasteiger partial charge in [0.05, 0.1) is 6.42 Å². The van der Waals surface area contributed by atoms with Crippen LogP contribution in [0.25, 0.3) is 0 Å². The van der Waals surface area contributed by atoms with Crippen molar-refractivity contribution in [3.05, 3.63) is 29.8 Å². The van der Waals surface area contributed by atoms with E-state index in [9.17, 15) is 4.79 Å². The lowest BCUT2D eigenvalue weighted by molar-refractivity contribution is -0.117. The number of amides is 1. The third-order valence-corrected chi connectivity index (χ3v) is 1.73. The number of hydrogen-bond donors (Lipinski definition) is 3. The summed E-state index contributed by atoms with van der Waals surface area (Å²) in [5, 5.41) is 2.99. The molecule has 0 unspecified atom stereocenters. The van der Waals surface area contributed by atoms with E-state index in [-0.39, 0.29) is 11.5 Å². The molecule has 5 N–H and O–H groups in total. The minimum Gasteiger partial charge on any atom is -0.376 e. The molecule has 0 saturated heterocycles. The molecule has 0 saturated carbocycles. The minimum atomic E-state index is -0.440. The Hall–Kier alpha value is -2.06. The zero-order chi connectivity index (χ0) is 12.0. The second-order valence-corrected chi connectivity index (χ2v) is 3.45. The first-order valence-electron chi connectivity index (χ1n) is 4.51. The summed E-state index contributed by atoms with van der Waals surface area (Å²) in [5.41, 5.74) is 11.8. The molecule has 16 heavy (non-hydrogen) atoms. The number of thiocarbonyl (C=S) groups is 1. The molecular weight excluding hydrogens is 222 g/mol. The number of carbonyl (C=O) groups is 1. The molecule has 0 radical (unpaired) electrons. The van der Waals surface area contributed by atoms with Crippen LogP contribution in [-0.4, -0.2) is 11.0 Å². The van der Waals surface area contributed by atoms with E-state index in [0.717, 1.165) is 11.3 Å². The average molecular weight is 233 g/mol. The van der Waals surface area contributed by atoms with Gasteiger partial charge < -0.3 is 16.8 Å². The van der Waals surface area contributed by atoms with Crippen molar-refractivity contribution in [1.82, 2.24) is 0 Å². The topological polar surface area (TPSA) is 81.1 Å². The molecule has 1 rings (SSSR count). The molecule has 0 bridgehead atoms. The van der Waals surface area contributed by atoms with E-state index in [1.807, 2.05) is 18.2 Å². The number of anilines is 1. The number of nitrogens with one attached hydrogen (secondary N) is 1. The van der Waals surface area contributed by atoms with Gasteiger partial charge in [0.25, 0.3) is 0 Å². The van der Waals surface area contributed by atoms with Gasteiger partial charge in [-0.3, -0.25) is 4.79 Å². The fourth-order valence-electron chi connectivity index (χ4n) is 1.05. The highest BCUT2D eigenvalue weighted by atomic mass is 32.1. The molecule has 0 aliphatic rings. The van der Waals surface area contributed by atoms with E-state index in [1.54, 1.807) is 6.07 Å². The Bertz CT molecular complexity index is 474.